The van der Waals surface area contributed by atoms with Gasteiger partial charge in [-0.1, -0.05) is 17.7 Å². The number of nitro groups is 1. The Kier molecular flexibility index (Phi) is 4.32. The molecule has 1 aromatic carbocycles. The summed E-state index contributed by atoms with van der Waals surface area (Å²) < 4.78 is 1.43. The minimum absolute atomic E-state index is 0.0595. The molecule has 0 saturated carbocycles. The molecule has 7 heteroatoms. The Morgan fingerprint density at radius 1 is 1.43 bits per heavy atom. The Morgan fingerprint density at radius 3 is 2.81 bits per heavy atom. The number of hydrogen-bond donors (Lipinski definition) is 1. The first kappa shape index (κ1) is 14.7. The average Bonchev–Trinajstić information content (AvgIpc) is 2.87. The molecule has 2 aromatic rings. The molecule has 1 heterocycles. The number of carbonyl (C=O) groups excluding carboxylic acids is 1. The molecule has 0 radical (unpaired) electrons. The highest BCUT2D eigenvalue weighted by Gasteiger charge is 2.10. The van der Waals surface area contributed by atoms with Crippen molar-refractivity contribution >= 4 is 11.6 Å². The lowest BCUT2D eigenvalue weighted by Gasteiger charge is -2.08. The molecule has 1 N–H and O–H groups in total. The fourth-order valence-electron chi connectivity index (χ4n) is 2.02. The fraction of sp³-hybridized carbons (Fsp3) is 0.286. The predicted octanol–water partition coefficient (Wildman–Crippen LogP) is 1.84. The van der Waals surface area contributed by atoms with Crippen LogP contribution in [0.2, 0.25) is 0 Å². The molecule has 7 nitrogen and oxygen atoms in total. The topological polar surface area (TPSA) is 90.1 Å². The molecular weight excluding hydrogens is 272 g/mol. The van der Waals surface area contributed by atoms with E-state index in [1.807, 2.05) is 26.0 Å². The van der Waals surface area contributed by atoms with E-state index in [1.54, 1.807) is 6.07 Å². The van der Waals surface area contributed by atoms with Crippen LogP contribution in [0.5, 0.6) is 0 Å². The number of aromatic nitrogens is 2. The number of rotatable bonds is 5. The van der Waals surface area contributed by atoms with Crippen LogP contribution in [0.15, 0.2) is 30.6 Å². The lowest BCUT2D eigenvalue weighted by molar-refractivity contribution is -0.385. The van der Waals surface area contributed by atoms with Gasteiger partial charge in [0.2, 0.25) is 0 Å². The number of nitrogens with one attached hydrogen (secondary N) is 1. The number of carbonyl (C=O) groups is 1. The van der Waals surface area contributed by atoms with Gasteiger partial charge in [0.25, 0.3) is 5.91 Å². The summed E-state index contributed by atoms with van der Waals surface area (Å²) in [5, 5.41) is 17.2. The Hall–Kier alpha value is -2.70. The van der Waals surface area contributed by atoms with E-state index in [-0.39, 0.29) is 11.6 Å². The van der Waals surface area contributed by atoms with Crippen molar-refractivity contribution in [1.29, 1.82) is 0 Å². The molecule has 0 fully saturated rings. The third-order valence-corrected chi connectivity index (χ3v) is 3.08. The SMILES string of the molecule is Cc1ccc(C(=O)NCCn2cc([N+](=O)[O-])cn2)c(C)c1. The number of amides is 1. The van der Waals surface area contributed by atoms with Gasteiger partial charge in [0.15, 0.2) is 0 Å². The van der Waals surface area contributed by atoms with Crippen LogP contribution in [0.1, 0.15) is 21.5 Å². The smallest absolute Gasteiger partial charge is 0.306 e. The Bertz CT molecular complexity index is 679. The molecule has 1 amide bonds. The van der Waals surface area contributed by atoms with Crippen molar-refractivity contribution in [3.8, 4) is 0 Å². The molecule has 0 spiro atoms. The minimum atomic E-state index is -0.502. The van der Waals surface area contributed by atoms with E-state index in [2.05, 4.69) is 10.4 Å². The van der Waals surface area contributed by atoms with E-state index in [9.17, 15) is 14.9 Å². The Balaban J connectivity index is 1.90. The third kappa shape index (κ3) is 3.65. The number of hydrogen-bond acceptors (Lipinski definition) is 4. The van der Waals surface area contributed by atoms with Crippen LogP contribution in [0, 0.1) is 24.0 Å². The summed E-state index contributed by atoms with van der Waals surface area (Å²) in [7, 11) is 0. The van der Waals surface area contributed by atoms with Gasteiger partial charge in [-0.3, -0.25) is 19.6 Å². The molecule has 0 aliphatic rings. The first-order valence-corrected chi connectivity index (χ1v) is 6.49. The summed E-state index contributed by atoms with van der Waals surface area (Å²) in [6.45, 7) is 4.59. The zero-order valence-corrected chi connectivity index (χ0v) is 11.9. The van der Waals surface area contributed by atoms with Crippen LogP contribution in [-0.4, -0.2) is 27.2 Å². The van der Waals surface area contributed by atoms with Crippen molar-refractivity contribution in [3.05, 3.63) is 57.4 Å². The predicted molar refractivity (Wildman–Crippen MR) is 77.1 cm³/mol. The molecule has 0 atom stereocenters. The molecule has 0 saturated heterocycles. The number of aryl methyl sites for hydroxylation is 2. The molecule has 0 aliphatic heterocycles. The van der Waals surface area contributed by atoms with Crippen LogP contribution in [-0.2, 0) is 6.54 Å². The largest absolute Gasteiger partial charge is 0.350 e. The molecule has 110 valence electrons. The van der Waals surface area contributed by atoms with Crippen LogP contribution in [0.4, 0.5) is 5.69 Å². The van der Waals surface area contributed by atoms with Gasteiger partial charge in [0.1, 0.15) is 12.4 Å². The average molecular weight is 288 g/mol. The normalized spacial score (nSPS) is 10.4. The Morgan fingerprint density at radius 2 is 2.19 bits per heavy atom. The van der Waals surface area contributed by atoms with Gasteiger partial charge in [0.05, 0.1) is 11.5 Å². The summed E-state index contributed by atoms with van der Waals surface area (Å²) >= 11 is 0. The molecule has 1 aromatic heterocycles. The van der Waals surface area contributed by atoms with E-state index < -0.39 is 4.92 Å². The maximum absolute atomic E-state index is 12.0. The lowest BCUT2D eigenvalue weighted by atomic mass is 10.1. The maximum atomic E-state index is 12.0. The summed E-state index contributed by atoms with van der Waals surface area (Å²) in [4.78, 5) is 22.1. The summed E-state index contributed by atoms with van der Waals surface area (Å²) in [5.74, 6) is -0.158. The van der Waals surface area contributed by atoms with Gasteiger partial charge in [-0.05, 0) is 25.5 Å². The molecule has 0 unspecified atom stereocenters. The van der Waals surface area contributed by atoms with Crippen molar-refractivity contribution in [3.63, 3.8) is 0 Å². The van der Waals surface area contributed by atoms with E-state index >= 15 is 0 Å². The van der Waals surface area contributed by atoms with Gasteiger partial charge in [-0.25, -0.2) is 0 Å². The second kappa shape index (κ2) is 6.17. The third-order valence-electron chi connectivity index (χ3n) is 3.08. The molecule has 0 bridgehead atoms. The van der Waals surface area contributed by atoms with Crippen molar-refractivity contribution in [2.24, 2.45) is 0 Å². The summed E-state index contributed by atoms with van der Waals surface area (Å²) in [6, 6.07) is 5.63. The first-order chi connectivity index (χ1) is 9.97. The molecule has 21 heavy (non-hydrogen) atoms. The minimum Gasteiger partial charge on any atom is -0.350 e. The van der Waals surface area contributed by atoms with E-state index in [1.165, 1.54) is 17.1 Å². The number of nitrogens with zero attached hydrogens (tertiary/aromatic N) is 3. The van der Waals surface area contributed by atoms with Gasteiger partial charge < -0.3 is 5.32 Å². The number of benzene rings is 1. The van der Waals surface area contributed by atoms with Gasteiger partial charge in [0, 0.05) is 12.1 Å². The first-order valence-electron chi connectivity index (χ1n) is 6.49. The van der Waals surface area contributed by atoms with Crippen LogP contribution in [0.3, 0.4) is 0 Å². The van der Waals surface area contributed by atoms with E-state index in [4.69, 9.17) is 0 Å². The summed E-state index contributed by atoms with van der Waals surface area (Å²) in [5.41, 5.74) is 2.60. The summed E-state index contributed by atoms with van der Waals surface area (Å²) in [6.07, 6.45) is 2.52. The second-order valence-corrected chi connectivity index (χ2v) is 4.79. The van der Waals surface area contributed by atoms with Gasteiger partial charge in [-0.2, -0.15) is 5.10 Å². The second-order valence-electron chi connectivity index (χ2n) is 4.79. The van der Waals surface area contributed by atoms with E-state index in [0.29, 0.717) is 18.7 Å². The highest BCUT2D eigenvalue weighted by molar-refractivity contribution is 5.95. The standard InChI is InChI=1S/C14H16N4O3/c1-10-3-4-13(11(2)7-10)14(19)15-5-6-17-9-12(8-16-17)18(20)21/h3-4,7-9H,5-6H2,1-2H3,(H,15,19). The van der Waals surface area contributed by atoms with Gasteiger partial charge in [-0.15, -0.1) is 0 Å². The van der Waals surface area contributed by atoms with Crippen molar-refractivity contribution in [2.75, 3.05) is 6.54 Å². The molecule has 2 rings (SSSR count). The lowest BCUT2D eigenvalue weighted by Crippen LogP contribution is -2.27. The van der Waals surface area contributed by atoms with Crippen LogP contribution < -0.4 is 5.32 Å². The molecule has 0 aliphatic carbocycles. The van der Waals surface area contributed by atoms with E-state index in [0.717, 1.165) is 11.1 Å². The highest BCUT2D eigenvalue weighted by atomic mass is 16.6. The van der Waals surface area contributed by atoms with Crippen LogP contribution in [0.25, 0.3) is 0 Å². The van der Waals surface area contributed by atoms with Crippen LogP contribution >= 0.6 is 0 Å². The molecular formula is C14H16N4O3. The van der Waals surface area contributed by atoms with Crippen molar-refractivity contribution in [1.82, 2.24) is 15.1 Å². The highest BCUT2D eigenvalue weighted by Crippen LogP contribution is 2.10. The zero-order chi connectivity index (χ0) is 15.4. The monoisotopic (exact) mass is 288 g/mol. The maximum Gasteiger partial charge on any atom is 0.306 e. The van der Waals surface area contributed by atoms with Crippen molar-refractivity contribution in [2.45, 2.75) is 20.4 Å². The zero-order valence-electron chi connectivity index (χ0n) is 11.9. The van der Waals surface area contributed by atoms with Gasteiger partial charge >= 0.3 is 5.69 Å². The van der Waals surface area contributed by atoms with Crippen molar-refractivity contribution < 1.29 is 9.72 Å². The fourth-order valence-corrected chi connectivity index (χ4v) is 2.02. The Labute approximate surface area is 121 Å². The quantitative estimate of drug-likeness (QED) is 0.671.